The van der Waals surface area contributed by atoms with Crippen LogP contribution >= 0.6 is 11.3 Å². The summed E-state index contributed by atoms with van der Waals surface area (Å²) in [4.78, 5) is 18.5. The second kappa shape index (κ2) is 5.58. The fourth-order valence-electron chi connectivity index (χ4n) is 2.64. The molecule has 114 valence electrons. The fraction of sp³-hybridized carbons (Fsp3) is 0.333. The van der Waals surface area contributed by atoms with Gasteiger partial charge in [-0.3, -0.25) is 4.79 Å². The summed E-state index contributed by atoms with van der Waals surface area (Å²) in [6, 6.07) is 5.78. The number of thiazole rings is 1. The summed E-state index contributed by atoms with van der Waals surface area (Å²) in [6.07, 6.45) is 0. The first-order chi connectivity index (χ1) is 10.8. The van der Waals surface area contributed by atoms with Crippen LogP contribution < -0.4 is 20.3 Å². The van der Waals surface area contributed by atoms with E-state index in [9.17, 15) is 4.79 Å². The van der Waals surface area contributed by atoms with Crippen LogP contribution in [-0.4, -0.2) is 43.7 Å². The van der Waals surface area contributed by atoms with Crippen molar-refractivity contribution in [2.45, 2.75) is 0 Å². The van der Waals surface area contributed by atoms with Crippen LogP contribution in [0.5, 0.6) is 5.75 Å². The van der Waals surface area contributed by atoms with Crippen molar-refractivity contribution >= 4 is 28.1 Å². The molecule has 0 aliphatic carbocycles. The topological polar surface area (TPSA) is 66.5 Å². The number of rotatable bonds is 2. The third-order valence-electron chi connectivity index (χ3n) is 3.79. The lowest BCUT2D eigenvalue weighted by molar-refractivity contribution is -0.118. The Hall–Kier alpha value is -2.12. The number of hydrogen-bond acceptors (Lipinski definition) is 6. The van der Waals surface area contributed by atoms with Crippen molar-refractivity contribution in [3.8, 4) is 17.0 Å². The van der Waals surface area contributed by atoms with Crippen molar-refractivity contribution in [1.29, 1.82) is 0 Å². The average molecular weight is 316 g/mol. The number of nitrogens with one attached hydrogen (secondary N) is 2. The minimum Gasteiger partial charge on any atom is -0.482 e. The van der Waals surface area contributed by atoms with E-state index in [0.29, 0.717) is 11.4 Å². The van der Waals surface area contributed by atoms with Gasteiger partial charge in [-0.1, -0.05) is 0 Å². The van der Waals surface area contributed by atoms with Gasteiger partial charge in [0.1, 0.15) is 5.75 Å². The number of piperazine rings is 1. The summed E-state index contributed by atoms with van der Waals surface area (Å²) in [5.41, 5.74) is 2.63. The third-order valence-corrected chi connectivity index (χ3v) is 4.69. The summed E-state index contributed by atoms with van der Waals surface area (Å²) in [5, 5.41) is 9.29. The van der Waals surface area contributed by atoms with E-state index >= 15 is 0 Å². The van der Waals surface area contributed by atoms with Gasteiger partial charge >= 0.3 is 0 Å². The van der Waals surface area contributed by atoms with Crippen LogP contribution in [-0.2, 0) is 4.79 Å². The van der Waals surface area contributed by atoms with E-state index < -0.39 is 0 Å². The molecule has 0 atom stereocenters. The van der Waals surface area contributed by atoms with E-state index in [4.69, 9.17) is 9.72 Å². The molecule has 0 bridgehead atoms. The number of amides is 1. The van der Waals surface area contributed by atoms with Gasteiger partial charge in [-0.2, -0.15) is 0 Å². The molecule has 22 heavy (non-hydrogen) atoms. The lowest BCUT2D eigenvalue weighted by atomic mass is 10.1. The third kappa shape index (κ3) is 2.53. The Morgan fingerprint density at radius 1 is 1.27 bits per heavy atom. The molecule has 0 spiro atoms. The predicted octanol–water partition coefficient (Wildman–Crippen LogP) is 1.55. The molecule has 3 heterocycles. The number of nitrogens with zero attached hydrogens (tertiary/aromatic N) is 2. The minimum atomic E-state index is -0.121. The van der Waals surface area contributed by atoms with E-state index in [1.165, 1.54) is 0 Å². The zero-order valence-electron chi connectivity index (χ0n) is 12.0. The van der Waals surface area contributed by atoms with Gasteiger partial charge in [0, 0.05) is 37.1 Å². The molecule has 0 radical (unpaired) electrons. The van der Waals surface area contributed by atoms with E-state index in [1.54, 1.807) is 11.3 Å². The van der Waals surface area contributed by atoms with Crippen molar-refractivity contribution in [2.24, 2.45) is 0 Å². The molecule has 6 nitrogen and oxygen atoms in total. The summed E-state index contributed by atoms with van der Waals surface area (Å²) in [7, 11) is 0. The Balaban J connectivity index is 1.61. The maximum absolute atomic E-state index is 11.4. The van der Waals surface area contributed by atoms with Crippen LogP contribution in [0.2, 0.25) is 0 Å². The number of hydrogen-bond donors (Lipinski definition) is 2. The van der Waals surface area contributed by atoms with E-state index in [-0.39, 0.29) is 12.5 Å². The Morgan fingerprint density at radius 3 is 3.00 bits per heavy atom. The maximum Gasteiger partial charge on any atom is 0.262 e. The summed E-state index contributed by atoms with van der Waals surface area (Å²) < 4.78 is 5.38. The molecule has 1 aromatic carbocycles. The van der Waals surface area contributed by atoms with E-state index in [0.717, 1.165) is 42.6 Å². The zero-order chi connectivity index (χ0) is 14.9. The molecule has 1 saturated heterocycles. The lowest BCUT2D eigenvalue weighted by Crippen LogP contribution is -2.43. The molecule has 2 aliphatic heterocycles. The van der Waals surface area contributed by atoms with Crippen LogP contribution in [0, 0.1) is 0 Å². The summed E-state index contributed by atoms with van der Waals surface area (Å²) >= 11 is 1.66. The van der Waals surface area contributed by atoms with Gasteiger partial charge in [-0.25, -0.2) is 4.98 Å². The quantitative estimate of drug-likeness (QED) is 0.880. The predicted molar refractivity (Wildman–Crippen MR) is 86.8 cm³/mol. The molecule has 0 unspecified atom stereocenters. The SMILES string of the molecule is O=C1COc2ccc(-c3csc(N4CCNCC4)n3)cc2N1. The zero-order valence-corrected chi connectivity index (χ0v) is 12.8. The molecule has 2 aliphatic rings. The molecule has 1 aromatic heterocycles. The van der Waals surface area contributed by atoms with Crippen LogP contribution in [0.4, 0.5) is 10.8 Å². The molecule has 7 heteroatoms. The molecule has 1 amide bonds. The second-order valence-corrected chi connectivity index (χ2v) is 6.14. The highest BCUT2D eigenvalue weighted by Gasteiger charge is 2.18. The van der Waals surface area contributed by atoms with Crippen LogP contribution in [0.25, 0.3) is 11.3 Å². The van der Waals surface area contributed by atoms with Crippen molar-refractivity contribution in [2.75, 3.05) is 43.0 Å². The Kier molecular flexibility index (Phi) is 3.44. The first-order valence-electron chi connectivity index (χ1n) is 7.28. The fourth-order valence-corrected chi connectivity index (χ4v) is 3.53. The first-order valence-corrected chi connectivity index (χ1v) is 8.16. The number of carbonyl (C=O) groups is 1. The number of anilines is 2. The smallest absolute Gasteiger partial charge is 0.262 e. The summed E-state index contributed by atoms with van der Waals surface area (Å²) in [5.74, 6) is 0.588. The molecule has 0 saturated carbocycles. The first kappa shape index (κ1) is 13.5. The van der Waals surface area contributed by atoms with Crippen molar-refractivity contribution in [3.05, 3.63) is 23.6 Å². The standard InChI is InChI=1S/C15H16N4O2S/c20-14-8-21-13-2-1-10(7-11(13)17-14)12-9-22-15(18-12)19-5-3-16-4-6-19/h1-2,7,9,16H,3-6,8H2,(H,17,20). The normalized spacial score (nSPS) is 17.6. The van der Waals surface area contributed by atoms with Gasteiger partial charge in [-0.05, 0) is 18.2 Å². The maximum atomic E-state index is 11.4. The van der Waals surface area contributed by atoms with Gasteiger partial charge in [0.15, 0.2) is 11.7 Å². The number of fused-ring (bicyclic) bond motifs is 1. The van der Waals surface area contributed by atoms with Crippen LogP contribution in [0.1, 0.15) is 0 Å². The Bertz CT molecular complexity index is 709. The second-order valence-electron chi connectivity index (χ2n) is 5.30. The van der Waals surface area contributed by atoms with Crippen molar-refractivity contribution in [1.82, 2.24) is 10.3 Å². The molecule has 2 aromatic rings. The molecular weight excluding hydrogens is 300 g/mol. The number of ether oxygens (including phenoxy) is 1. The summed E-state index contributed by atoms with van der Waals surface area (Å²) in [6.45, 7) is 4.05. The van der Waals surface area contributed by atoms with Crippen molar-refractivity contribution in [3.63, 3.8) is 0 Å². The van der Waals surface area contributed by atoms with Gasteiger partial charge in [-0.15, -0.1) is 11.3 Å². The Labute approximate surface area is 132 Å². The van der Waals surface area contributed by atoms with Gasteiger partial charge < -0.3 is 20.3 Å². The largest absolute Gasteiger partial charge is 0.482 e. The monoisotopic (exact) mass is 316 g/mol. The average Bonchev–Trinajstić information content (AvgIpc) is 3.05. The number of benzene rings is 1. The molecule has 1 fully saturated rings. The van der Waals surface area contributed by atoms with Gasteiger partial charge in [0.05, 0.1) is 11.4 Å². The van der Waals surface area contributed by atoms with Crippen LogP contribution in [0.15, 0.2) is 23.6 Å². The highest BCUT2D eigenvalue weighted by molar-refractivity contribution is 7.14. The molecule has 4 rings (SSSR count). The van der Waals surface area contributed by atoms with Gasteiger partial charge in [0.25, 0.3) is 5.91 Å². The minimum absolute atomic E-state index is 0.0796. The van der Waals surface area contributed by atoms with E-state index in [1.807, 2.05) is 18.2 Å². The molecular formula is C15H16N4O2S. The van der Waals surface area contributed by atoms with Crippen molar-refractivity contribution < 1.29 is 9.53 Å². The highest BCUT2D eigenvalue weighted by atomic mass is 32.1. The molecule has 2 N–H and O–H groups in total. The Morgan fingerprint density at radius 2 is 2.14 bits per heavy atom. The van der Waals surface area contributed by atoms with Gasteiger partial charge in [0.2, 0.25) is 0 Å². The van der Waals surface area contributed by atoms with Crippen LogP contribution in [0.3, 0.4) is 0 Å². The highest BCUT2D eigenvalue weighted by Crippen LogP contribution is 2.34. The number of carbonyl (C=O) groups excluding carboxylic acids is 1. The number of aromatic nitrogens is 1. The van der Waals surface area contributed by atoms with E-state index in [2.05, 4.69) is 20.9 Å². The lowest BCUT2D eigenvalue weighted by Gasteiger charge is -2.26.